The number of hydrogen-bond acceptors (Lipinski definition) is 2. The van der Waals surface area contributed by atoms with Gasteiger partial charge in [0.2, 0.25) is 0 Å². The molecule has 1 saturated heterocycles. The molecular formula is C8H20N2. The van der Waals surface area contributed by atoms with Crippen LogP contribution >= 0.6 is 0 Å². The van der Waals surface area contributed by atoms with E-state index in [9.17, 15) is 0 Å². The minimum Gasteiger partial charge on any atom is -0.295 e. The average molecular weight is 144 g/mol. The molecule has 2 nitrogen and oxygen atoms in total. The fourth-order valence-electron chi connectivity index (χ4n) is 0.919. The van der Waals surface area contributed by atoms with Crippen LogP contribution in [0.25, 0.3) is 0 Å². The van der Waals surface area contributed by atoms with Gasteiger partial charge in [-0.3, -0.25) is 10.2 Å². The van der Waals surface area contributed by atoms with Crippen molar-refractivity contribution in [1.29, 1.82) is 0 Å². The fraction of sp³-hybridized carbons (Fsp3) is 1.00. The third-order valence-electron chi connectivity index (χ3n) is 1.77. The van der Waals surface area contributed by atoms with Crippen molar-refractivity contribution in [2.75, 3.05) is 13.6 Å². The van der Waals surface area contributed by atoms with E-state index in [0.717, 1.165) is 12.6 Å². The summed E-state index contributed by atoms with van der Waals surface area (Å²) in [6.45, 7) is 9.52. The van der Waals surface area contributed by atoms with E-state index in [1.54, 1.807) is 0 Å². The Kier molecular flexibility index (Phi) is 4.65. The molecule has 0 spiro atoms. The first-order valence-corrected chi connectivity index (χ1v) is 4.22. The Labute approximate surface area is 64.6 Å². The highest BCUT2D eigenvalue weighted by Crippen LogP contribution is 2.11. The quantitative estimate of drug-likeness (QED) is 0.591. The van der Waals surface area contributed by atoms with Gasteiger partial charge in [0.05, 0.1) is 6.17 Å². The maximum absolute atomic E-state index is 3.31. The van der Waals surface area contributed by atoms with Gasteiger partial charge in [0.25, 0.3) is 0 Å². The molecule has 1 fully saturated rings. The van der Waals surface area contributed by atoms with Gasteiger partial charge in [0, 0.05) is 6.04 Å². The van der Waals surface area contributed by atoms with E-state index in [1.165, 1.54) is 0 Å². The molecule has 0 aromatic carbocycles. The minimum atomic E-state index is 0.667. The predicted octanol–water partition coefficient (Wildman–Crippen LogP) is 1.28. The molecule has 10 heavy (non-hydrogen) atoms. The first kappa shape index (κ1) is 9.92. The number of hydrogen-bond donors (Lipinski definition) is 1. The number of rotatable bonds is 2. The number of nitrogens with zero attached hydrogens (tertiary/aromatic N) is 1. The van der Waals surface area contributed by atoms with Crippen molar-refractivity contribution < 1.29 is 0 Å². The summed E-state index contributed by atoms with van der Waals surface area (Å²) in [6, 6.07) is 0.722. The SMILES string of the molecule is CC.CCN(C)C1NC1C. The van der Waals surface area contributed by atoms with Crippen molar-refractivity contribution in [2.24, 2.45) is 0 Å². The fourth-order valence-corrected chi connectivity index (χ4v) is 0.919. The van der Waals surface area contributed by atoms with Gasteiger partial charge >= 0.3 is 0 Å². The summed E-state index contributed by atoms with van der Waals surface area (Å²) in [5.74, 6) is 0. The van der Waals surface area contributed by atoms with Crippen LogP contribution in [-0.2, 0) is 0 Å². The molecule has 0 saturated carbocycles. The monoisotopic (exact) mass is 144 g/mol. The summed E-state index contributed by atoms with van der Waals surface area (Å²) in [7, 11) is 2.14. The zero-order valence-electron chi connectivity index (χ0n) is 7.81. The molecule has 0 aliphatic carbocycles. The van der Waals surface area contributed by atoms with Crippen molar-refractivity contribution in [3.63, 3.8) is 0 Å². The van der Waals surface area contributed by atoms with Crippen LogP contribution < -0.4 is 5.32 Å². The summed E-state index contributed by atoms with van der Waals surface area (Å²) in [4.78, 5) is 2.31. The van der Waals surface area contributed by atoms with Crippen LogP contribution in [0.3, 0.4) is 0 Å². The second-order valence-corrected chi connectivity index (χ2v) is 2.47. The third kappa shape index (κ3) is 2.67. The summed E-state index contributed by atoms with van der Waals surface area (Å²) < 4.78 is 0. The van der Waals surface area contributed by atoms with Crippen molar-refractivity contribution >= 4 is 0 Å². The molecule has 0 radical (unpaired) electrons. The van der Waals surface area contributed by atoms with Crippen LogP contribution in [0, 0.1) is 0 Å². The second kappa shape index (κ2) is 4.69. The molecule has 62 valence electrons. The lowest BCUT2D eigenvalue weighted by Gasteiger charge is -2.09. The molecule has 0 aromatic rings. The van der Waals surface area contributed by atoms with Crippen LogP contribution in [0.4, 0.5) is 0 Å². The maximum atomic E-state index is 3.31. The first-order valence-electron chi connectivity index (χ1n) is 4.22. The van der Waals surface area contributed by atoms with E-state index in [1.807, 2.05) is 13.8 Å². The highest BCUT2D eigenvalue weighted by atomic mass is 15.4. The minimum absolute atomic E-state index is 0.667. The number of likely N-dealkylation sites (N-methyl/N-ethyl adjacent to an activating group) is 1. The molecule has 2 heteroatoms. The lowest BCUT2D eigenvalue weighted by atomic mass is 10.4. The van der Waals surface area contributed by atoms with Crippen LogP contribution in [-0.4, -0.2) is 30.7 Å². The molecule has 1 rings (SSSR count). The summed E-state index contributed by atoms with van der Waals surface area (Å²) in [5.41, 5.74) is 0. The van der Waals surface area contributed by atoms with Gasteiger partial charge in [0.1, 0.15) is 0 Å². The standard InChI is InChI=1S/C6H14N2.C2H6/c1-4-8(3)6-5(2)7-6;1-2/h5-7H,4H2,1-3H3;1-2H3. The molecule has 2 unspecified atom stereocenters. The van der Waals surface area contributed by atoms with Gasteiger partial charge in [-0.1, -0.05) is 20.8 Å². The Bertz CT molecular complexity index is 81.3. The Balaban J connectivity index is 0.000000371. The summed E-state index contributed by atoms with van der Waals surface area (Å²) >= 11 is 0. The van der Waals surface area contributed by atoms with Crippen molar-refractivity contribution in [2.45, 2.75) is 39.9 Å². The van der Waals surface area contributed by atoms with Crippen LogP contribution in [0.15, 0.2) is 0 Å². The second-order valence-electron chi connectivity index (χ2n) is 2.47. The van der Waals surface area contributed by atoms with Gasteiger partial charge in [-0.05, 0) is 20.5 Å². The van der Waals surface area contributed by atoms with E-state index >= 15 is 0 Å². The van der Waals surface area contributed by atoms with E-state index in [4.69, 9.17) is 0 Å². The van der Waals surface area contributed by atoms with Crippen molar-refractivity contribution in [1.82, 2.24) is 10.2 Å². The molecular weight excluding hydrogens is 124 g/mol. The third-order valence-corrected chi connectivity index (χ3v) is 1.77. The van der Waals surface area contributed by atoms with Gasteiger partial charge in [-0.25, -0.2) is 0 Å². The Hall–Kier alpha value is -0.0800. The Morgan fingerprint density at radius 2 is 1.80 bits per heavy atom. The van der Waals surface area contributed by atoms with Gasteiger partial charge in [-0.2, -0.15) is 0 Å². The predicted molar refractivity (Wildman–Crippen MR) is 46.0 cm³/mol. The van der Waals surface area contributed by atoms with Gasteiger partial charge < -0.3 is 0 Å². The zero-order chi connectivity index (χ0) is 8.15. The lowest BCUT2D eigenvalue weighted by molar-refractivity contribution is 0.332. The van der Waals surface area contributed by atoms with Crippen molar-refractivity contribution in [3.05, 3.63) is 0 Å². The Morgan fingerprint density at radius 3 is 1.90 bits per heavy atom. The molecule has 0 aromatic heterocycles. The first-order chi connectivity index (χ1) is 4.75. The average Bonchev–Trinajstić information content (AvgIpc) is 2.70. The van der Waals surface area contributed by atoms with Gasteiger partial charge in [0.15, 0.2) is 0 Å². The molecule has 0 amide bonds. The molecule has 1 aliphatic heterocycles. The number of nitrogens with one attached hydrogen (secondary N) is 1. The largest absolute Gasteiger partial charge is 0.295 e. The van der Waals surface area contributed by atoms with Crippen LogP contribution in [0.2, 0.25) is 0 Å². The molecule has 0 bridgehead atoms. The van der Waals surface area contributed by atoms with E-state index in [2.05, 4.69) is 31.1 Å². The van der Waals surface area contributed by atoms with E-state index in [0.29, 0.717) is 6.17 Å². The van der Waals surface area contributed by atoms with Crippen LogP contribution in [0.1, 0.15) is 27.7 Å². The smallest absolute Gasteiger partial charge is 0.0753 e. The summed E-state index contributed by atoms with van der Waals surface area (Å²) in [6.07, 6.45) is 0.667. The molecule has 1 aliphatic rings. The highest BCUT2D eigenvalue weighted by molar-refractivity contribution is 4.92. The molecule has 1 N–H and O–H groups in total. The lowest BCUT2D eigenvalue weighted by Crippen LogP contribution is -2.23. The maximum Gasteiger partial charge on any atom is 0.0753 e. The normalized spacial score (nSPS) is 29.4. The van der Waals surface area contributed by atoms with Crippen LogP contribution in [0.5, 0.6) is 0 Å². The van der Waals surface area contributed by atoms with E-state index in [-0.39, 0.29) is 0 Å². The van der Waals surface area contributed by atoms with Gasteiger partial charge in [-0.15, -0.1) is 0 Å². The van der Waals surface area contributed by atoms with Crippen molar-refractivity contribution in [3.8, 4) is 0 Å². The molecule has 2 atom stereocenters. The zero-order valence-corrected chi connectivity index (χ0v) is 7.81. The molecule has 1 heterocycles. The Morgan fingerprint density at radius 1 is 1.40 bits per heavy atom. The highest BCUT2D eigenvalue weighted by Gasteiger charge is 2.33. The van der Waals surface area contributed by atoms with E-state index < -0.39 is 0 Å². The summed E-state index contributed by atoms with van der Waals surface area (Å²) in [5, 5.41) is 3.31. The topological polar surface area (TPSA) is 25.2 Å².